The Bertz CT molecular complexity index is 518. The van der Waals surface area contributed by atoms with Gasteiger partial charge in [-0.1, -0.05) is 31.2 Å². The Kier molecular flexibility index (Phi) is 6.89. The van der Waals surface area contributed by atoms with Crippen LogP contribution in [0, 0.1) is 0 Å². The van der Waals surface area contributed by atoms with Gasteiger partial charge in [-0.2, -0.15) is 0 Å². The molecule has 0 heterocycles. The molecule has 22 heavy (non-hydrogen) atoms. The van der Waals surface area contributed by atoms with Crippen LogP contribution in [-0.4, -0.2) is 31.0 Å². The lowest BCUT2D eigenvalue weighted by atomic mass is 10.1. The van der Waals surface area contributed by atoms with Crippen LogP contribution in [0.15, 0.2) is 29.3 Å². The Morgan fingerprint density at radius 3 is 2.32 bits per heavy atom. The Morgan fingerprint density at radius 1 is 1.14 bits per heavy atom. The Morgan fingerprint density at radius 2 is 1.77 bits per heavy atom. The van der Waals surface area contributed by atoms with E-state index >= 15 is 0 Å². The Hall–Kier alpha value is -2.04. The van der Waals surface area contributed by atoms with E-state index in [1.54, 1.807) is 7.05 Å². The van der Waals surface area contributed by atoms with Gasteiger partial charge in [0, 0.05) is 19.1 Å². The van der Waals surface area contributed by atoms with Crippen LogP contribution >= 0.6 is 0 Å². The highest BCUT2D eigenvalue weighted by Gasteiger charge is 2.13. The topological polar surface area (TPSA) is 65.5 Å². The van der Waals surface area contributed by atoms with Crippen molar-refractivity contribution in [3.63, 3.8) is 0 Å². The van der Waals surface area contributed by atoms with Crippen LogP contribution in [0.4, 0.5) is 0 Å². The fraction of sp³-hybridized carbons (Fsp3) is 0.529. The predicted molar refractivity (Wildman–Crippen MR) is 91.9 cm³/mol. The van der Waals surface area contributed by atoms with Crippen LogP contribution in [0.25, 0.3) is 0 Å². The molecule has 1 amide bonds. The van der Waals surface area contributed by atoms with Gasteiger partial charge in [0.25, 0.3) is 0 Å². The van der Waals surface area contributed by atoms with Gasteiger partial charge in [-0.25, -0.2) is 0 Å². The summed E-state index contributed by atoms with van der Waals surface area (Å²) >= 11 is 0. The predicted octanol–water partition coefficient (Wildman–Crippen LogP) is 1.83. The van der Waals surface area contributed by atoms with Crippen LogP contribution in [-0.2, 0) is 17.8 Å². The molecule has 0 aliphatic carbocycles. The number of carbonyl (C=O) groups is 1. The van der Waals surface area contributed by atoms with Gasteiger partial charge in [0.1, 0.15) is 0 Å². The number of nitrogens with one attached hydrogen (secondary N) is 3. The minimum atomic E-state index is -0.226. The number of hydrogen-bond donors (Lipinski definition) is 3. The average molecular weight is 304 g/mol. The minimum Gasteiger partial charge on any atom is -0.352 e. The third-order valence-electron chi connectivity index (χ3n) is 3.10. The van der Waals surface area contributed by atoms with E-state index in [4.69, 9.17) is 0 Å². The summed E-state index contributed by atoms with van der Waals surface area (Å²) in [4.78, 5) is 15.9. The molecule has 5 heteroatoms. The third kappa shape index (κ3) is 6.61. The minimum absolute atomic E-state index is 0.0515. The summed E-state index contributed by atoms with van der Waals surface area (Å²) in [6, 6.07) is 8.31. The third-order valence-corrected chi connectivity index (χ3v) is 3.10. The summed E-state index contributed by atoms with van der Waals surface area (Å²) in [5, 5.41) is 9.17. The lowest BCUT2D eigenvalue weighted by Gasteiger charge is -2.21. The molecule has 0 fully saturated rings. The van der Waals surface area contributed by atoms with E-state index in [0.29, 0.717) is 12.5 Å². The van der Waals surface area contributed by atoms with E-state index in [2.05, 4.69) is 40.0 Å². The second kappa shape index (κ2) is 8.41. The Labute approximate surface area is 133 Å². The van der Waals surface area contributed by atoms with Crippen molar-refractivity contribution in [3.05, 3.63) is 35.4 Å². The number of aliphatic imine (C=N–C) groups is 1. The van der Waals surface area contributed by atoms with Crippen molar-refractivity contribution in [1.82, 2.24) is 16.0 Å². The van der Waals surface area contributed by atoms with Crippen molar-refractivity contribution in [3.8, 4) is 0 Å². The van der Waals surface area contributed by atoms with Gasteiger partial charge in [0.2, 0.25) is 5.91 Å². The number of aryl methyl sites for hydroxylation is 1. The van der Waals surface area contributed by atoms with Crippen LogP contribution in [0.5, 0.6) is 0 Å². The zero-order valence-electron chi connectivity index (χ0n) is 14.3. The van der Waals surface area contributed by atoms with Gasteiger partial charge in [0.15, 0.2) is 5.96 Å². The lowest BCUT2D eigenvalue weighted by Crippen LogP contribution is -2.48. The number of benzene rings is 1. The molecule has 0 aliphatic rings. The first-order chi connectivity index (χ1) is 10.4. The number of rotatable bonds is 5. The Balaban J connectivity index is 2.48. The summed E-state index contributed by atoms with van der Waals surface area (Å²) < 4.78 is 0. The number of nitrogens with zero attached hydrogens (tertiary/aromatic N) is 1. The van der Waals surface area contributed by atoms with Crippen LogP contribution < -0.4 is 16.0 Å². The first-order valence-corrected chi connectivity index (χ1v) is 7.68. The van der Waals surface area contributed by atoms with Gasteiger partial charge < -0.3 is 16.0 Å². The van der Waals surface area contributed by atoms with Crippen LogP contribution in [0.3, 0.4) is 0 Å². The van der Waals surface area contributed by atoms with E-state index in [0.717, 1.165) is 6.42 Å². The molecule has 122 valence electrons. The maximum Gasteiger partial charge on any atom is 0.239 e. The maximum absolute atomic E-state index is 11.8. The SMILES string of the molecule is CCc1ccccc1CNC(=NC)NCC(=O)NC(C)(C)C. The van der Waals surface area contributed by atoms with Gasteiger partial charge in [-0.15, -0.1) is 0 Å². The highest BCUT2D eigenvalue weighted by atomic mass is 16.2. The normalized spacial score (nSPS) is 12.0. The lowest BCUT2D eigenvalue weighted by molar-refractivity contribution is -0.121. The highest BCUT2D eigenvalue weighted by Crippen LogP contribution is 2.08. The van der Waals surface area contributed by atoms with Crippen molar-refractivity contribution in [1.29, 1.82) is 0 Å². The van der Waals surface area contributed by atoms with E-state index in [1.165, 1.54) is 11.1 Å². The van der Waals surface area contributed by atoms with Gasteiger partial charge in [-0.05, 0) is 38.3 Å². The largest absolute Gasteiger partial charge is 0.352 e. The number of carbonyl (C=O) groups excluding carboxylic acids is 1. The standard InChI is InChI=1S/C17H28N4O/c1-6-13-9-7-8-10-14(13)11-19-16(18-5)20-12-15(22)21-17(2,3)4/h7-10H,6,11-12H2,1-5H3,(H,21,22)(H2,18,19,20). The van der Waals surface area contributed by atoms with Crippen molar-refractivity contribution < 1.29 is 4.79 Å². The van der Waals surface area contributed by atoms with E-state index in [9.17, 15) is 4.79 Å². The molecule has 0 atom stereocenters. The smallest absolute Gasteiger partial charge is 0.239 e. The summed E-state index contributed by atoms with van der Waals surface area (Å²) in [6.45, 7) is 8.90. The van der Waals surface area contributed by atoms with Gasteiger partial charge >= 0.3 is 0 Å². The highest BCUT2D eigenvalue weighted by molar-refractivity contribution is 5.86. The molecule has 5 nitrogen and oxygen atoms in total. The van der Waals surface area contributed by atoms with Crippen molar-refractivity contribution in [2.24, 2.45) is 4.99 Å². The van der Waals surface area contributed by atoms with Crippen molar-refractivity contribution >= 4 is 11.9 Å². The molecule has 1 rings (SSSR count). The molecule has 1 aromatic carbocycles. The summed E-state index contributed by atoms with van der Waals surface area (Å²) in [7, 11) is 1.70. The fourth-order valence-electron chi connectivity index (χ4n) is 2.10. The molecule has 0 unspecified atom stereocenters. The number of hydrogen-bond acceptors (Lipinski definition) is 2. The van der Waals surface area contributed by atoms with E-state index in [-0.39, 0.29) is 18.0 Å². The second-order valence-electron chi connectivity index (χ2n) is 6.20. The van der Waals surface area contributed by atoms with Crippen molar-refractivity contribution in [2.75, 3.05) is 13.6 Å². The van der Waals surface area contributed by atoms with Crippen LogP contribution in [0.1, 0.15) is 38.8 Å². The number of amides is 1. The molecular weight excluding hydrogens is 276 g/mol. The molecule has 0 radical (unpaired) electrons. The first-order valence-electron chi connectivity index (χ1n) is 7.68. The molecule has 3 N–H and O–H groups in total. The molecule has 0 saturated carbocycles. The average Bonchev–Trinajstić information content (AvgIpc) is 2.46. The molecular formula is C17H28N4O. The zero-order valence-corrected chi connectivity index (χ0v) is 14.3. The van der Waals surface area contributed by atoms with Crippen LogP contribution in [0.2, 0.25) is 0 Å². The van der Waals surface area contributed by atoms with Gasteiger partial charge in [0.05, 0.1) is 6.54 Å². The van der Waals surface area contributed by atoms with Crippen molar-refractivity contribution in [2.45, 2.75) is 46.2 Å². The monoisotopic (exact) mass is 304 g/mol. The van der Waals surface area contributed by atoms with E-state index in [1.807, 2.05) is 32.9 Å². The molecule has 1 aromatic rings. The molecule has 0 spiro atoms. The zero-order chi connectivity index (χ0) is 16.6. The first kappa shape index (κ1) is 18.0. The summed E-state index contributed by atoms with van der Waals surface area (Å²) in [5.41, 5.74) is 2.33. The second-order valence-corrected chi connectivity index (χ2v) is 6.20. The molecule has 0 saturated heterocycles. The maximum atomic E-state index is 11.8. The molecule has 0 aromatic heterocycles. The van der Waals surface area contributed by atoms with E-state index < -0.39 is 0 Å². The molecule has 0 bridgehead atoms. The summed E-state index contributed by atoms with van der Waals surface area (Å²) in [6.07, 6.45) is 0.998. The number of guanidine groups is 1. The van der Waals surface area contributed by atoms with Gasteiger partial charge in [-0.3, -0.25) is 9.79 Å². The fourth-order valence-corrected chi connectivity index (χ4v) is 2.10. The summed E-state index contributed by atoms with van der Waals surface area (Å²) in [5.74, 6) is 0.569. The molecule has 0 aliphatic heterocycles. The quantitative estimate of drug-likeness (QED) is 0.574.